The van der Waals surface area contributed by atoms with E-state index in [0.717, 1.165) is 22.0 Å². The van der Waals surface area contributed by atoms with Gasteiger partial charge in [0, 0.05) is 28.9 Å². The van der Waals surface area contributed by atoms with Crippen LogP contribution in [0.3, 0.4) is 0 Å². The highest BCUT2D eigenvalue weighted by Gasteiger charge is 2.12. The van der Waals surface area contributed by atoms with Crippen molar-refractivity contribution in [3.8, 4) is 11.1 Å². The molecule has 0 saturated carbocycles. The SMILES string of the molecule is CCOC(=O)c1cc2cccc(-c3cccnc3)c2[nH]1. The van der Waals surface area contributed by atoms with E-state index in [1.807, 2.05) is 36.4 Å². The molecule has 0 atom stereocenters. The van der Waals surface area contributed by atoms with Crippen molar-refractivity contribution >= 4 is 16.9 Å². The lowest BCUT2D eigenvalue weighted by Gasteiger charge is -2.02. The lowest BCUT2D eigenvalue weighted by Crippen LogP contribution is -2.04. The van der Waals surface area contributed by atoms with Crippen LogP contribution in [0.25, 0.3) is 22.0 Å². The third-order valence-electron chi connectivity index (χ3n) is 3.12. The Balaban J connectivity index is 2.13. The molecule has 0 unspecified atom stereocenters. The van der Waals surface area contributed by atoms with E-state index < -0.39 is 0 Å². The molecule has 0 bridgehead atoms. The maximum atomic E-state index is 11.8. The molecule has 1 aromatic carbocycles. The highest BCUT2D eigenvalue weighted by atomic mass is 16.5. The smallest absolute Gasteiger partial charge is 0.354 e. The number of carbonyl (C=O) groups is 1. The summed E-state index contributed by atoms with van der Waals surface area (Å²) in [5.41, 5.74) is 3.42. The van der Waals surface area contributed by atoms with Crippen LogP contribution in [0.4, 0.5) is 0 Å². The summed E-state index contributed by atoms with van der Waals surface area (Å²) in [6.45, 7) is 2.16. The monoisotopic (exact) mass is 266 g/mol. The molecule has 20 heavy (non-hydrogen) atoms. The zero-order valence-electron chi connectivity index (χ0n) is 11.1. The standard InChI is InChI=1S/C16H14N2O2/c1-2-20-16(19)14-9-11-5-3-7-13(15(11)18-14)12-6-4-8-17-10-12/h3-10,18H,2H2,1H3. The predicted molar refractivity (Wildman–Crippen MR) is 77.5 cm³/mol. The molecule has 4 nitrogen and oxygen atoms in total. The van der Waals surface area contributed by atoms with E-state index in [9.17, 15) is 4.79 Å². The van der Waals surface area contributed by atoms with Gasteiger partial charge >= 0.3 is 5.97 Å². The number of fused-ring (bicyclic) bond motifs is 1. The summed E-state index contributed by atoms with van der Waals surface area (Å²) in [4.78, 5) is 19.1. The van der Waals surface area contributed by atoms with Crippen molar-refractivity contribution in [1.82, 2.24) is 9.97 Å². The number of pyridine rings is 1. The molecule has 0 saturated heterocycles. The van der Waals surface area contributed by atoms with E-state index in [2.05, 4.69) is 9.97 Å². The van der Waals surface area contributed by atoms with Gasteiger partial charge in [0.05, 0.1) is 12.1 Å². The average Bonchev–Trinajstić information content (AvgIpc) is 2.92. The van der Waals surface area contributed by atoms with Crippen LogP contribution in [-0.4, -0.2) is 22.5 Å². The number of nitrogens with one attached hydrogen (secondary N) is 1. The number of H-pyrrole nitrogens is 1. The van der Waals surface area contributed by atoms with Gasteiger partial charge in [-0.1, -0.05) is 24.3 Å². The minimum atomic E-state index is -0.333. The predicted octanol–water partition coefficient (Wildman–Crippen LogP) is 3.41. The fourth-order valence-corrected chi connectivity index (χ4v) is 2.24. The number of hydrogen-bond donors (Lipinski definition) is 1. The van der Waals surface area contributed by atoms with Gasteiger partial charge in [0.15, 0.2) is 0 Å². The van der Waals surface area contributed by atoms with Crippen molar-refractivity contribution in [1.29, 1.82) is 0 Å². The van der Waals surface area contributed by atoms with Gasteiger partial charge in [0.25, 0.3) is 0 Å². The highest BCUT2D eigenvalue weighted by molar-refractivity contribution is 6.00. The fourth-order valence-electron chi connectivity index (χ4n) is 2.24. The summed E-state index contributed by atoms with van der Waals surface area (Å²) in [6, 6.07) is 11.6. The quantitative estimate of drug-likeness (QED) is 0.739. The third-order valence-corrected chi connectivity index (χ3v) is 3.12. The van der Waals surface area contributed by atoms with Crippen molar-refractivity contribution in [3.05, 3.63) is 54.5 Å². The van der Waals surface area contributed by atoms with Crippen LogP contribution in [-0.2, 0) is 4.74 Å². The number of hydrogen-bond acceptors (Lipinski definition) is 3. The van der Waals surface area contributed by atoms with Crippen LogP contribution in [0.15, 0.2) is 48.8 Å². The molecule has 2 aromatic heterocycles. The van der Waals surface area contributed by atoms with Crippen LogP contribution in [0, 0.1) is 0 Å². The number of ether oxygens (including phenoxy) is 1. The number of rotatable bonds is 3. The molecule has 3 aromatic rings. The maximum absolute atomic E-state index is 11.8. The summed E-state index contributed by atoms with van der Waals surface area (Å²) in [5, 5.41) is 0.981. The van der Waals surface area contributed by atoms with E-state index in [0.29, 0.717) is 12.3 Å². The number of para-hydroxylation sites is 1. The number of aromatic amines is 1. The van der Waals surface area contributed by atoms with Gasteiger partial charge in [-0.25, -0.2) is 4.79 Å². The van der Waals surface area contributed by atoms with Crippen LogP contribution in [0.5, 0.6) is 0 Å². The molecule has 0 radical (unpaired) electrons. The second-order valence-electron chi connectivity index (χ2n) is 4.41. The molecular weight excluding hydrogens is 252 g/mol. The lowest BCUT2D eigenvalue weighted by atomic mass is 10.1. The molecule has 1 N–H and O–H groups in total. The first-order valence-corrected chi connectivity index (χ1v) is 6.49. The van der Waals surface area contributed by atoms with Crippen LogP contribution in [0.1, 0.15) is 17.4 Å². The summed E-state index contributed by atoms with van der Waals surface area (Å²) in [6.07, 6.45) is 3.54. The minimum absolute atomic E-state index is 0.333. The van der Waals surface area contributed by atoms with Crippen molar-refractivity contribution in [2.45, 2.75) is 6.92 Å². The molecule has 100 valence electrons. The first-order chi connectivity index (χ1) is 9.79. The molecule has 0 aliphatic rings. The minimum Gasteiger partial charge on any atom is -0.461 e. The van der Waals surface area contributed by atoms with Crippen LogP contribution < -0.4 is 0 Å². The third kappa shape index (κ3) is 2.16. The lowest BCUT2D eigenvalue weighted by molar-refractivity contribution is 0.0520. The Kier molecular flexibility index (Phi) is 3.21. The Morgan fingerprint density at radius 2 is 2.20 bits per heavy atom. The molecular formula is C16H14N2O2. The van der Waals surface area contributed by atoms with Crippen LogP contribution >= 0.6 is 0 Å². The second-order valence-corrected chi connectivity index (χ2v) is 4.41. The van der Waals surface area contributed by atoms with Gasteiger partial charge in [0.1, 0.15) is 5.69 Å². The second kappa shape index (κ2) is 5.17. The summed E-state index contributed by atoms with van der Waals surface area (Å²) in [7, 11) is 0. The van der Waals surface area contributed by atoms with Crippen LogP contribution in [0.2, 0.25) is 0 Å². The first kappa shape index (κ1) is 12.4. The van der Waals surface area contributed by atoms with Crippen molar-refractivity contribution in [2.24, 2.45) is 0 Å². The van der Waals surface area contributed by atoms with Gasteiger partial charge in [-0.3, -0.25) is 4.98 Å². The van der Waals surface area contributed by atoms with Gasteiger partial charge in [-0.05, 0) is 19.1 Å². The molecule has 0 aliphatic carbocycles. The molecule has 0 fully saturated rings. The Bertz CT molecular complexity index is 748. The number of carbonyl (C=O) groups excluding carboxylic acids is 1. The van der Waals surface area contributed by atoms with E-state index in [1.54, 1.807) is 19.3 Å². The van der Waals surface area contributed by atoms with Crippen molar-refractivity contribution in [3.63, 3.8) is 0 Å². The average molecular weight is 266 g/mol. The Labute approximate surface area is 116 Å². The van der Waals surface area contributed by atoms with Gasteiger partial charge in [-0.15, -0.1) is 0 Å². The van der Waals surface area contributed by atoms with Gasteiger partial charge in [0.2, 0.25) is 0 Å². The number of nitrogens with zero attached hydrogens (tertiary/aromatic N) is 1. The van der Waals surface area contributed by atoms with Gasteiger partial charge < -0.3 is 9.72 Å². The molecule has 0 aliphatic heterocycles. The van der Waals surface area contributed by atoms with Crippen molar-refractivity contribution in [2.75, 3.05) is 6.61 Å². The zero-order valence-corrected chi connectivity index (χ0v) is 11.1. The number of esters is 1. The Morgan fingerprint density at radius 3 is 2.95 bits per heavy atom. The maximum Gasteiger partial charge on any atom is 0.354 e. The number of aromatic nitrogens is 2. The normalized spacial score (nSPS) is 10.7. The molecule has 4 heteroatoms. The summed E-state index contributed by atoms with van der Waals surface area (Å²) >= 11 is 0. The van der Waals surface area contributed by atoms with Gasteiger partial charge in [-0.2, -0.15) is 0 Å². The largest absolute Gasteiger partial charge is 0.461 e. The van der Waals surface area contributed by atoms with Crippen molar-refractivity contribution < 1.29 is 9.53 Å². The summed E-state index contributed by atoms with van der Waals surface area (Å²) < 4.78 is 5.02. The molecule has 3 rings (SSSR count). The van der Waals surface area contributed by atoms with E-state index in [4.69, 9.17) is 4.74 Å². The highest BCUT2D eigenvalue weighted by Crippen LogP contribution is 2.28. The fraction of sp³-hybridized carbons (Fsp3) is 0.125. The number of benzene rings is 1. The molecule has 0 amide bonds. The Morgan fingerprint density at radius 1 is 1.30 bits per heavy atom. The Hall–Kier alpha value is -2.62. The zero-order chi connectivity index (χ0) is 13.9. The molecule has 2 heterocycles. The van der Waals surface area contributed by atoms with E-state index in [-0.39, 0.29) is 5.97 Å². The first-order valence-electron chi connectivity index (χ1n) is 6.49. The van der Waals surface area contributed by atoms with E-state index in [1.165, 1.54) is 0 Å². The topological polar surface area (TPSA) is 55.0 Å². The summed E-state index contributed by atoms with van der Waals surface area (Å²) in [5.74, 6) is -0.333. The van der Waals surface area contributed by atoms with E-state index >= 15 is 0 Å². The molecule has 0 spiro atoms.